The molecule has 1 saturated heterocycles. The molecule has 0 aliphatic carbocycles. The van der Waals surface area contributed by atoms with Crippen molar-refractivity contribution in [1.29, 1.82) is 0 Å². The molecule has 0 saturated carbocycles. The quantitative estimate of drug-likeness (QED) is 0.782. The van der Waals surface area contributed by atoms with Crippen LogP contribution in [-0.4, -0.2) is 39.3 Å². The molecule has 0 radical (unpaired) electrons. The average molecular weight is 348 g/mol. The molecule has 0 bridgehead atoms. The molecule has 0 unspecified atom stereocenters. The van der Waals surface area contributed by atoms with E-state index in [0.29, 0.717) is 12.6 Å². The van der Waals surface area contributed by atoms with Gasteiger partial charge in [-0.05, 0) is 44.9 Å². The van der Waals surface area contributed by atoms with Gasteiger partial charge in [-0.15, -0.1) is 5.10 Å². The number of anilines is 1. The lowest BCUT2D eigenvalue weighted by atomic mass is 10.1. The Labute approximate surface area is 153 Å². The van der Waals surface area contributed by atoms with Crippen LogP contribution in [-0.2, 0) is 6.54 Å². The first-order chi connectivity index (χ1) is 12.7. The van der Waals surface area contributed by atoms with Gasteiger partial charge in [-0.2, -0.15) is 5.10 Å². The fraction of sp³-hybridized carbons (Fsp3) is 0.400. The van der Waals surface area contributed by atoms with Gasteiger partial charge in [0.15, 0.2) is 5.82 Å². The normalized spacial score (nSPS) is 17.6. The van der Waals surface area contributed by atoms with E-state index in [1.54, 1.807) is 0 Å². The number of nitrogens with zero attached hydrogens (tertiary/aromatic N) is 5. The van der Waals surface area contributed by atoms with Crippen LogP contribution in [0.25, 0.3) is 10.9 Å². The number of aryl methyl sites for hydroxylation is 2. The van der Waals surface area contributed by atoms with Gasteiger partial charge < -0.3 is 10.2 Å². The second-order valence-corrected chi connectivity index (χ2v) is 6.94. The minimum atomic E-state index is 0.405. The van der Waals surface area contributed by atoms with E-state index in [1.807, 2.05) is 38.1 Å². The zero-order chi connectivity index (χ0) is 17.9. The number of para-hydroxylation sites is 1. The Morgan fingerprint density at radius 1 is 1.08 bits per heavy atom. The summed E-state index contributed by atoms with van der Waals surface area (Å²) in [4.78, 5) is 11.7. The van der Waals surface area contributed by atoms with Crippen LogP contribution >= 0.6 is 0 Å². The van der Waals surface area contributed by atoms with E-state index in [-0.39, 0.29) is 0 Å². The summed E-state index contributed by atoms with van der Waals surface area (Å²) >= 11 is 0. The Hall–Kier alpha value is -2.60. The Balaban J connectivity index is 1.42. The van der Waals surface area contributed by atoms with Crippen LogP contribution < -0.4 is 10.2 Å². The molecule has 6 heteroatoms. The van der Waals surface area contributed by atoms with Crippen LogP contribution in [0.5, 0.6) is 0 Å². The number of aromatic nitrogens is 4. The van der Waals surface area contributed by atoms with Crippen LogP contribution in [0.4, 0.5) is 5.82 Å². The highest BCUT2D eigenvalue weighted by molar-refractivity contribution is 5.80. The van der Waals surface area contributed by atoms with Crippen molar-refractivity contribution in [3.8, 4) is 0 Å². The lowest BCUT2D eigenvalue weighted by Gasteiger charge is -2.33. The third-order valence-electron chi connectivity index (χ3n) is 4.92. The first-order valence-electron chi connectivity index (χ1n) is 9.20. The zero-order valence-electron chi connectivity index (χ0n) is 15.3. The Morgan fingerprint density at radius 3 is 2.81 bits per heavy atom. The number of fused-ring (bicyclic) bond motifs is 1. The van der Waals surface area contributed by atoms with Crippen molar-refractivity contribution in [3.63, 3.8) is 0 Å². The molecule has 134 valence electrons. The topological polar surface area (TPSA) is 66.8 Å². The molecule has 1 aliphatic heterocycles. The van der Waals surface area contributed by atoms with Crippen LogP contribution in [0, 0.1) is 13.8 Å². The van der Waals surface area contributed by atoms with E-state index < -0.39 is 0 Å². The minimum absolute atomic E-state index is 0.405. The molecule has 1 aliphatic rings. The van der Waals surface area contributed by atoms with Crippen LogP contribution in [0.1, 0.15) is 30.1 Å². The fourth-order valence-electron chi connectivity index (χ4n) is 3.52. The molecule has 1 fully saturated rings. The molecule has 1 atom stereocenters. The summed E-state index contributed by atoms with van der Waals surface area (Å²) in [5.74, 6) is 1.81. The van der Waals surface area contributed by atoms with Crippen molar-refractivity contribution >= 4 is 16.7 Å². The standard InChI is InChI=1S/C20H24N6/c1-14-9-10-20(25-24-14)26-11-5-6-16(13-26)21-12-19-22-15(2)17-7-3-4-8-18(17)23-19/h3-4,7-10,16,21H,5-6,11-13H2,1-2H3/t16-/m1/s1. The van der Waals surface area contributed by atoms with Crippen molar-refractivity contribution < 1.29 is 0 Å². The van der Waals surface area contributed by atoms with Gasteiger partial charge >= 0.3 is 0 Å². The minimum Gasteiger partial charge on any atom is -0.354 e. The SMILES string of the molecule is Cc1ccc(N2CCC[C@@H](NCc3nc(C)c4ccccc4n3)C2)nn1. The average Bonchev–Trinajstić information content (AvgIpc) is 2.67. The molecule has 0 spiro atoms. The summed E-state index contributed by atoms with van der Waals surface area (Å²) < 4.78 is 0. The molecular weight excluding hydrogens is 324 g/mol. The van der Waals surface area contributed by atoms with Gasteiger partial charge in [0.25, 0.3) is 0 Å². The number of hydrogen-bond donors (Lipinski definition) is 1. The molecule has 0 amide bonds. The molecular formula is C20H24N6. The van der Waals surface area contributed by atoms with E-state index in [4.69, 9.17) is 4.98 Å². The third-order valence-corrected chi connectivity index (χ3v) is 4.92. The van der Waals surface area contributed by atoms with Crippen molar-refractivity contribution in [1.82, 2.24) is 25.5 Å². The lowest BCUT2D eigenvalue weighted by molar-refractivity contribution is 0.415. The maximum absolute atomic E-state index is 4.70. The van der Waals surface area contributed by atoms with E-state index in [9.17, 15) is 0 Å². The molecule has 3 heterocycles. The zero-order valence-corrected chi connectivity index (χ0v) is 15.3. The van der Waals surface area contributed by atoms with E-state index >= 15 is 0 Å². The van der Waals surface area contributed by atoms with E-state index in [1.165, 1.54) is 0 Å². The highest BCUT2D eigenvalue weighted by Crippen LogP contribution is 2.18. The van der Waals surface area contributed by atoms with Gasteiger partial charge in [-0.3, -0.25) is 0 Å². The summed E-state index contributed by atoms with van der Waals surface area (Å²) in [5, 5.41) is 13.3. The highest BCUT2D eigenvalue weighted by Gasteiger charge is 2.21. The predicted octanol–water partition coefficient (Wildman–Crippen LogP) is 2.80. The van der Waals surface area contributed by atoms with Crippen molar-refractivity contribution in [3.05, 3.63) is 53.6 Å². The molecule has 4 rings (SSSR count). The summed E-state index contributed by atoms with van der Waals surface area (Å²) in [5.41, 5.74) is 2.99. The van der Waals surface area contributed by atoms with E-state index in [2.05, 4.69) is 37.5 Å². The van der Waals surface area contributed by atoms with Gasteiger partial charge in [0, 0.05) is 30.2 Å². The summed E-state index contributed by atoms with van der Waals surface area (Å²) in [6, 6.07) is 12.7. The van der Waals surface area contributed by atoms with Gasteiger partial charge in [0.05, 0.1) is 17.8 Å². The molecule has 26 heavy (non-hydrogen) atoms. The maximum atomic E-state index is 4.70. The molecule has 1 aromatic carbocycles. The first kappa shape index (κ1) is 16.8. The highest BCUT2D eigenvalue weighted by atomic mass is 15.3. The van der Waals surface area contributed by atoms with Crippen LogP contribution in [0.2, 0.25) is 0 Å². The molecule has 1 N–H and O–H groups in total. The molecule has 6 nitrogen and oxygen atoms in total. The molecule has 3 aromatic rings. The number of benzene rings is 1. The third kappa shape index (κ3) is 3.65. The summed E-state index contributed by atoms with van der Waals surface area (Å²) in [6.07, 6.45) is 2.30. The van der Waals surface area contributed by atoms with Crippen LogP contribution in [0.15, 0.2) is 36.4 Å². The molecule has 2 aromatic heterocycles. The van der Waals surface area contributed by atoms with Crippen LogP contribution in [0.3, 0.4) is 0 Å². The summed E-state index contributed by atoms with van der Waals surface area (Å²) in [6.45, 7) is 6.66. The second kappa shape index (κ2) is 7.33. The lowest BCUT2D eigenvalue weighted by Crippen LogP contribution is -2.46. The summed E-state index contributed by atoms with van der Waals surface area (Å²) in [7, 11) is 0. The van der Waals surface area contributed by atoms with Gasteiger partial charge in [0.2, 0.25) is 0 Å². The number of hydrogen-bond acceptors (Lipinski definition) is 6. The number of nitrogens with one attached hydrogen (secondary N) is 1. The Kier molecular flexibility index (Phi) is 4.75. The van der Waals surface area contributed by atoms with Crippen molar-refractivity contribution in [2.75, 3.05) is 18.0 Å². The second-order valence-electron chi connectivity index (χ2n) is 6.94. The monoisotopic (exact) mass is 348 g/mol. The van der Waals surface area contributed by atoms with Gasteiger partial charge in [-0.25, -0.2) is 9.97 Å². The maximum Gasteiger partial charge on any atom is 0.151 e. The van der Waals surface area contributed by atoms with Crippen molar-refractivity contribution in [2.45, 2.75) is 39.3 Å². The number of piperidine rings is 1. The van der Waals surface area contributed by atoms with Crippen molar-refractivity contribution in [2.24, 2.45) is 0 Å². The largest absolute Gasteiger partial charge is 0.354 e. The predicted molar refractivity (Wildman–Crippen MR) is 103 cm³/mol. The fourth-order valence-corrected chi connectivity index (χ4v) is 3.52. The van der Waals surface area contributed by atoms with Gasteiger partial charge in [0.1, 0.15) is 5.82 Å². The Morgan fingerprint density at radius 2 is 1.96 bits per heavy atom. The first-order valence-corrected chi connectivity index (χ1v) is 9.20. The van der Waals surface area contributed by atoms with E-state index in [0.717, 1.165) is 59.9 Å². The number of rotatable bonds is 4. The smallest absolute Gasteiger partial charge is 0.151 e. The van der Waals surface area contributed by atoms with Gasteiger partial charge in [-0.1, -0.05) is 18.2 Å². The Bertz CT molecular complexity index is 892.